The Balaban J connectivity index is 2.72. The maximum Gasteiger partial charge on any atom is 0.269 e. The zero-order valence-electron chi connectivity index (χ0n) is 7.65. The van der Waals surface area contributed by atoms with E-state index in [-0.39, 0.29) is 5.69 Å². The van der Waals surface area contributed by atoms with E-state index in [1.165, 1.54) is 6.07 Å². The summed E-state index contributed by atoms with van der Waals surface area (Å²) in [7, 11) is 0. The van der Waals surface area contributed by atoms with Gasteiger partial charge in [0.15, 0.2) is 5.69 Å². The minimum absolute atomic E-state index is 0.105. The van der Waals surface area contributed by atoms with Gasteiger partial charge in [0.1, 0.15) is 0 Å². The smallest absolute Gasteiger partial charge is 0.269 e. The highest BCUT2D eigenvalue weighted by Crippen LogP contribution is 2.17. The molecule has 0 aliphatic carbocycles. The molecule has 0 fully saturated rings. The summed E-state index contributed by atoms with van der Waals surface area (Å²) in [4.78, 5) is 21.9. The fourth-order valence-electron chi connectivity index (χ4n) is 1.36. The summed E-state index contributed by atoms with van der Waals surface area (Å²) >= 11 is 0. The monoisotopic (exact) mass is 204 g/mol. The number of aromatic nitrogens is 2. The molecule has 0 aliphatic heterocycles. The van der Waals surface area contributed by atoms with Crippen LogP contribution in [0.5, 0.6) is 0 Å². The van der Waals surface area contributed by atoms with Crippen LogP contribution in [0, 0.1) is 0 Å². The lowest BCUT2D eigenvalue weighted by Gasteiger charge is -1.95. The minimum Gasteiger partial charge on any atom is -0.366 e. The number of carbonyl (C=O) groups excluding carboxylic acids is 2. The Hall–Kier alpha value is -2.37. The number of rotatable bonds is 2. The number of aromatic amines is 1. The largest absolute Gasteiger partial charge is 0.366 e. The van der Waals surface area contributed by atoms with Crippen molar-refractivity contribution in [3.63, 3.8) is 0 Å². The normalized spacial score (nSPS) is 10.4. The number of nitrogens with one attached hydrogen (secondary N) is 1. The summed E-state index contributed by atoms with van der Waals surface area (Å²) in [6.07, 6.45) is 0. The minimum atomic E-state index is -0.650. The molecule has 6 heteroatoms. The van der Waals surface area contributed by atoms with Crippen LogP contribution in [-0.4, -0.2) is 22.0 Å². The van der Waals surface area contributed by atoms with Crippen molar-refractivity contribution >= 4 is 22.7 Å². The first kappa shape index (κ1) is 9.20. The number of nitrogens with zero attached hydrogens (tertiary/aromatic N) is 1. The molecule has 15 heavy (non-hydrogen) atoms. The first-order valence-electron chi connectivity index (χ1n) is 4.17. The predicted molar refractivity (Wildman–Crippen MR) is 53.1 cm³/mol. The number of carbonyl (C=O) groups is 2. The number of fused-ring (bicyclic) bond motifs is 1. The van der Waals surface area contributed by atoms with Crippen LogP contribution < -0.4 is 11.5 Å². The van der Waals surface area contributed by atoms with Gasteiger partial charge in [-0.15, -0.1) is 0 Å². The van der Waals surface area contributed by atoms with Crippen molar-refractivity contribution in [1.82, 2.24) is 10.2 Å². The second-order valence-electron chi connectivity index (χ2n) is 3.06. The zero-order chi connectivity index (χ0) is 11.0. The van der Waals surface area contributed by atoms with Crippen molar-refractivity contribution in [3.8, 4) is 0 Å². The van der Waals surface area contributed by atoms with E-state index in [9.17, 15) is 9.59 Å². The predicted octanol–water partition coefficient (Wildman–Crippen LogP) is -0.239. The Kier molecular flexibility index (Phi) is 1.89. The van der Waals surface area contributed by atoms with E-state index in [1.54, 1.807) is 12.1 Å². The number of nitrogens with two attached hydrogens (primary N) is 2. The van der Waals surface area contributed by atoms with E-state index in [0.717, 1.165) is 0 Å². The van der Waals surface area contributed by atoms with E-state index in [1.807, 2.05) is 0 Å². The lowest BCUT2D eigenvalue weighted by molar-refractivity contribution is 0.0988. The topological polar surface area (TPSA) is 115 Å². The summed E-state index contributed by atoms with van der Waals surface area (Å²) in [5.41, 5.74) is 11.3. The molecule has 0 saturated heterocycles. The van der Waals surface area contributed by atoms with Gasteiger partial charge in [0.05, 0.1) is 5.52 Å². The Morgan fingerprint density at radius 2 is 1.93 bits per heavy atom. The number of amides is 2. The third-order valence-corrected chi connectivity index (χ3v) is 2.08. The highest BCUT2D eigenvalue weighted by Gasteiger charge is 2.12. The van der Waals surface area contributed by atoms with E-state index < -0.39 is 11.8 Å². The number of primary amides is 2. The molecule has 1 heterocycles. The van der Waals surface area contributed by atoms with Crippen LogP contribution in [-0.2, 0) is 0 Å². The SMILES string of the molecule is NC(=O)c1ccc2[nH]nc(C(N)=O)c2c1. The van der Waals surface area contributed by atoms with Crippen LogP contribution in [0.3, 0.4) is 0 Å². The van der Waals surface area contributed by atoms with Crippen molar-refractivity contribution in [2.24, 2.45) is 11.5 Å². The van der Waals surface area contributed by atoms with E-state index in [0.29, 0.717) is 16.5 Å². The molecule has 0 bridgehead atoms. The van der Waals surface area contributed by atoms with Crippen molar-refractivity contribution in [2.45, 2.75) is 0 Å². The first-order chi connectivity index (χ1) is 7.09. The molecule has 2 rings (SSSR count). The molecule has 5 N–H and O–H groups in total. The van der Waals surface area contributed by atoms with Gasteiger partial charge in [-0.25, -0.2) is 0 Å². The second kappa shape index (κ2) is 3.09. The van der Waals surface area contributed by atoms with Gasteiger partial charge in [-0.2, -0.15) is 5.10 Å². The molecule has 1 aromatic heterocycles. The lowest BCUT2D eigenvalue weighted by atomic mass is 10.1. The highest BCUT2D eigenvalue weighted by atomic mass is 16.1. The van der Waals surface area contributed by atoms with Crippen molar-refractivity contribution in [2.75, 3.05) is 0 Å². The summed E-state index contributed by atoms with van der Waals surface area (Å²) in [6.45, 7) is 0. The quantitative estimate of drug-likeness (QED) is 0.626. The molecular weight excluding hydrogens is 196 g/mol. The average molecular weight is 204 g/mol. The van der Waals surface area contributed by atoms with E-state index in [4.69, 9.17) is 11.5 Å². The van der Waals surface area contributed by atoms with Crippen LogP contribution in [0.25, 0.3) is 10.9 Å². The zero-order valence-corrected chi connectivity index (χ0v) is 7.65. The van der Waals surface area contributed by atoms with Gasteiger partial charge in [-0.3, -0.25) is 14.7 Å². The molecule has 1 aromatic carbocycles. The summed E-state index contributed by atoms with van der Waals surface area (Å²) in [5.74, 6) is -1.21. The Morgan fingerprint density at radius 3 is 2.53 bits per heavy atom. The standard InChI is InChI=1S/C9H8N4O2/c10-8(14)4-1-2-6-5(3-4)7(9(11)15)13-12-6/h1-3H,(H2,10,14)(H2,11,15)(H,12,13). The van der Waals surface area contributed by atoms with Gasteiger partial charge in [0.2, 0.25) is 5.91 Å². The van der Waals surface area contributed by atoms with Crippen LogP contribution >= 0.6 is 0 Å². The molecule has 0 aliphatic rings. The van der Waals surface area contributed by atoms with Crippen LogP contribution in [0.2, 0.25) is 0 Å². The molecule has 2 amide bonds. The number of hydrogen-bond donors (Lipinski definition) is 3. The van der Waals surface area contributed by atoms with Crippen LogP contribution in [0.1, 0.15) is 20.8 Å². The van der Waals surface area contributed by atoms with Crippen LogP contribution in [0.15, 0.2) is 18.2 Å². The lowest BCUT2D eigenvalue weighted by Crippen LogP contribution is -2.13. The Bertz CT molecular complexity index is 558. The molecule has 2 aromatic rings. The molecule has 0 radical (unpaired) electrons. The van der Waals surface area contributed by atoms with Gasteiger partial charge in [-0.05, 0) is 18.2 Å². The molecule has 0 spiro atoms. The number of hydrogen-bond acceptors (Lipinski definition) is 3. The van der Waals surface area contributed by atoms with Gasteiger partial charge in [-0.1, -0.05) is 0 Å². The van der Waals surface area contributed by atoms with E-state index in [2.05, 4.69) is 10.2 Å². The summed E-state index contributed by atoms with van der Waals surface area (Å²) in [5, 5.41) is 6.88. The molecular formula is C9H8N4O2. The summed E-state index contributed by atoms with van der Waals surface area (Å²) < 4.78 is 0. The second-order valence-corrected chi connectivity index (χ2v) is 3.06. The Morgan fingerprint density at radius 1 is 1.20 bits per heavy atom. The molecule has 6 nitrogen and oxygen atoms in total. The van der Waals surface area contributed by atoms with Gasteiger partial charge in [0, 0.05) is 10.9 Å². The fourth-order valence-corrected chi connectivity index (χ4v) is 1.36. The molecule has 0 atom stereocenters. The molecule has 76 valence electrons. The maximum atomic E-state index is 11.0. The maximum absolute atomic E-state index is 11.0. The van der Waals surface area contributed by atoms with Gasteiger partial charge in [0.25, 0.3) is 5.91 Å². The molecule has 0 unspecified atom stereocenters. The van der Waals surface area contributed by atoms with Gasteiger partial charge < -0.3 is 11.5 Å². The van der Waals surface area contributed by atoms with Crippen molar-refractivity contribution < 1.29 is 9.59 Å². The highest BCUT2D eigenvalue weighted by molar-refractivity contribution is 6.06. The van der Waals surface area contributed by atoms with Crippen LogP contribution in [0.4, 0.5) is 0 Å². The number of H-pyrrole nitrogens is 1. The van der Waals surface area contributed by atoms with E-state index >= 15 is 0 Å². The number of benzene rings is 1. The third kappa shape index (κ3) is 1.41. The van der Waals surface area contributed by atoms with Crippen molar-refractivity contribution in [3.05, 3.63) is 29.5 Å². The summed E-state index contributed by atoms with van der Waals surface area (Å²) in [6, 6.07) is 4.66. The Labute approximate surface area is 84.2 Å². The third-order valence-electron chi connectivity index (χ3n) is 2.08. The van der Waals surface area contributed by atoms with Gasteiger partial charge >= 0.3 is 0 Å². The average Bonchev–Trinajstić information content (AvgIpc) is 2.59. The van der Waals surface area contributed by atoms with Crippen molar-refractivity contribution in [1.29, 1.82) is 0 Å². The first-order valence-corrected chi connectivity index (χ1v) is 4.17. The molecule has 0 saturated carbocycles. The fraction of sp³-hybridized carbons (Fsp3) is 0.